The van der Waals surface area contributed by atoms with Crippen LogP contribution in [0.5, 0.6) is 11.5 Å². The molecule has 1 atom stereocenters. The first-order valence-corrected chi connectivity index (χ1v) is 13.2. The Hall–Kier alpha value is -4.85. The van der Waals surface area contributed by atoms with E-state index >= 15 is 0 Å². The van der Waals surface area contributed by atoms with E-state index in [9.17, 15) is 4.79 Å². The van der Waals surface area contributed by atoms with Crippen molar-refractivity contribution in [3.63, 3.8) is 0 Å². The van der Waals surface area contributed by atoms with Crippen molar-refractivity contribution < 1.29 is 19.0 Å². The molecule has 8 heteroatoms. The van der Waals surface area contributed by atoms with E-state index in [4.69, 9.17) is 19.2 Å². The molecule has 1 aliphatic rings. The second-order valence-electron chi connectivity index (χ2n) is 9.77. The predicted octanol–water partition coefficient (Wildman–Crippen LogP) is 6.23. The van der Waals surface area contributed by atoms with Crippen LogP contribution in [-0.4, -0.2) is 48.4 Å². The van der Waals surface area contributed by atoms with Crippen LogP contribution in [0.25, 0.3) is 22.6 Å². The molecule has 0 radical (unpaired) electrons. The Morgan fingerprint density at radius 1 is 1.02 bits per heavy atom. The first-order chi connectivity index (χ1) is 19.6. The van der Waals surface area contributed by atoms with Crippen LogP contribution in [0.3, 0.4) is 0 Å². The summed E-state index contributed by atoms with van der Waals surface area (Å²) in [4.78, 5) is 23.8. The van der Waals surface area contributed by atoms with Gasteiger partial charge >= 0.3 is 5.97 Å². The number of esters is 1. The van der Waals surface area contributed by atoms with Gasteiger partial charge in [-0.3, -0.25) is 4.98 Å². The number of hydrogen-bond acceptors (Lipinski definition) is 7. The quantitative estimate of drug-likeness (QED) is 0.229. The summed E-state index contributed by atoms with van der Waals surface area (Å²) in [6.45, 7) is 1.33. The summed E-state index contributed by atoms with van der Waals surface area (Å²) >= 11 is 0. The number of pyridine rings is 1. The molecule has 0 spiro atoms. The highest BCUT2D eigenvalue weighted by Gasteiger charge is 2.26. The summed E-state index contributed by atoms with van der Waals surface area (Å²) in [5.41, 5.74) is 6.24. The van der Waals surface area contributed by atoms with E-state index in [1.807, 2.05) is 49.5 Å². The van der Waals surface area contributed by atoms with Gasteiger partial charge in [-0.15, -0.1) is 0 Å². The summed E-state index contributed by atoms with van der Waals surface area (Å²) in [5, 5.41) is 0. The van der Waals surface area contributed by atoms with Crippen LogP contribution in [0.4, 0.5) is 11.4 Å². The predicted molar refractivity (Wildman–Crippen MR) is 155 cm³/mol. The van der Waals surface area contributed by atoms with Gasteiger partial charge in [0.05, 0.1) is 37.4 Å². The lowest BCUT2D eigenvalue weighted by Gasteiger charge is -2.29. The molecule has 0 fully saturated rings. The zero-order chi connectivity index (χ0) is 27.6. The summed E-state index contributed by atoms with van der Waals surface area (Å²) in [7, 11) is 5.09. The summed E-state index contributed by atoms with van der Waals surface area (Å²) < 4.78 is 18.6. The molecule has 0 saturated heterocycles. The minimum Gasteiger partial charge on any atom is -0.497 e. The van der Waals surface area contributed by atoms with Gasteiger partial charge in [0.15, 0.2) is 5.82 Å². The van der Waals surface area contributed by atoms with Crippen molar-refractivity contribution >= 4 is 28.4 Å². The molecule has 40 heavy (non-hydrogen) atoms. The number of hydrogen-bond donors (Lipinski definition) is 0. The van der Waals surface area contributed by atoms with E-state index in [1.165, 1.54) is 7.11 Å². The van der Waals surface area contributed by atoms with E-state index in [0.29, 0.717) is 24.4 Å². The van der Waals surface area contributed by atoms with E-state index in [2.05, 4.69) is 38.7 Å². The Morgan fingerprint density at radius 3 is 2.62 bits per heavy atom. The Morgan fingerprint density at radius 2 is 1.82 bits per heavy atom. The number of para-hydroxylation sites is 2. The third-order valence-corrected chi connectivity index (χ3v) is 7.48. The summed E-state index contributed by atoms with van der Waals surface area (Å²) in [5.74, 6) is 2.25. The molecular weight excluding hydrogens is 504 g/mol. The number of benzene rings is 3. The smallest absolute Gasteiger partial charge is 0.337 e. The standard InChI is InChI=1S/C32H30N4O4/c1-35(23-8-11-25(38-2)12-9-23)24-10-13-26-22(15-17-40-30(26)19-24)20-36-29-7-5-4-6-27(29)34-31(36)28-18-21(14-16-33-28)32(37)39-3/h4-14,16,18-19,22H,15,17,20H2,1-3H3. The minimum absolute atomic E-state index is 0.212. The monoisotopic (exact) mass is 534 g/mol. The van der Waals surface area contributed by atoms with E-state index in [1.54, 1.807) is 25.4 Å². The van der Waals surface area contributed by atoms with Crippen molar-refractivity contribution in [2.75, 3.05) is 32.8 Å². The molecule has 0 N–H and O–H groups in total. The lowest BCUT2D eigenvalue weighted by Crippen LogP contribution is -2.20. The van der Waals surface area contributed by atoms with Crippen molar-refractivity contribution in [2.24, 2.45) is 0 Å². The molecule has 0 aliphatic carbocycles. The largest absolute Gasteiger partial charge is 0.497 e. The van der Waals surface area contributed by atoms with Gasteiger partial charge in [0.2, 0.25) is 0 Å². The first kappa shape index (κ1) is 25.4. The molecule has 6 rings (SSSR count). The Labute approximate surface area is 232 Å². The summed E-state index contributed by atoms with van der Waals surface area (Å²) in [6.07, 6.45) is 2.50. The Kier molecular flexibility index (Phi) is 6.82. The molecule has 2 aromatic heterocycles. The Bertz CT molecular complexity index is 1680. The second kappa shape index (κ2) is 10.7. The van der Waals surface area contributed by atoms with Gasteiger partial charge in [-0.1, -0.05) is 18.2 Å². The molecule has 8 nitrogen and oxygen atoms in total. The van der Waals surface area contributed by atoms with Crippen molar-refractivity contribution in [1.82, 2.24) is 14.5 Å². The van der Waals surface area contributed by atoms with Crippen molar-refractivity contribution in [2.45, 2.75) is 18.9 Å². The number of methoxy groups -OCH3 is 2. The van der Waals surface area contributed by atoms with Gasteiger partial charge in [0.1, 0.15) is 17.2 Å². The number of imidazole rings is 1. The molecule has 0 bridgehead atoms. The van der Waals surface area contributed by atoms with Gasteiger partial charge < -0.3 is 23.7 Å². The van der Waals surface area contributed by atoms with E-state index in [0.717, 1.165) is 51.7 Å². The minimum atomic E-state index is -0.403. The SMILES string of the molecule is COC(=O)c1ccnc(-c2nc3ccccc3n2CC2CCOc3cc(N(C)c4ccc(OC)cc4)ccc32)c1. The maximum atomic E-state index is 12.2. The normalized spacial score (nSPS) is 14.3. The highest BCUT2D eigenvalue weighted by Crippen LogP contribution is 2.40. The third-order valence-electron chi connectivity index (χ3n) is 7.48. The zero-order valence-corrected chi connectivity index (χ0v) is 22.7. The maximum Gasteiger partial charge on any atom is 0.337 e. The van der Waals surface area contributed by atoms with Crippen LogP contribution < -0.4 is 14.4 Å². The molecule has 202 valence electrons. The van der Waals surface area contributed by atoms with Crippen LogP contribution >= 0.6 is 0 Å². The van der Waals surface area contributed by atoms with Gasteiger partial charge in [-0.25, -0.2) is 9.78 Å². The molecular formula is C32H30N4O4. The number of rotatable bonds is 7. The fourth-order valence-corrected chi connectivity index (χ4v) is 5.28. The van der Waals surface area contributed by atoms with Gasteiger partial charge in [0.25, 0.3) is 0 Å². The lowest BCUT2D eigenvalue weighted by molar-refractivity contribution is 0.0600. The lowest BCUT2D eigenvalue weighted by atomic mass is 9.92. The van der Waals surface area contributed by atoms with Crippen LogP contribution in [-0.2, 0) is 11.3 Å². The Balaban J connectivity index is 1.34. The van der Waals surface area contributed by atoms with Crippen molar-refractivity contribution in [3.05, 3.63) is 96.2 Å². The highest BCUT2D eigenvalue weighted by molar-refractivity contribution is 5.90. The average molecular weight is 535 g/mol. The molecule has 1 aliphatic heterocycles. The van der Waals surface area contributed by atoms with E-state index < -0.39 is 5.97 Å². The third kappa shape index (κ3) is 4.73. The molecule has 5 aromatic rings. The second-order valence-corrected chi connectivity index (χ2v) is 9.77. The van der Waals surface area contributed by atoms with Gasteiger partial charge in [-0.2, -0.15) is 0 Å². The molecule has 0 saturated carbocycles. The van der Waals surface area contributed by atoms with Crippen LogP contribution in [0.1, 0.15) is 28.3 Å². The molecule has 1 unspecified atom stereocenters. The van der Waals surface area contributed by atoms with Gasteiger partial charge in [0, 0.05) is 43.1 Å². The number of carbonyl (C=O) groups excluding carboxylic acids is 1. The maximum absolute atomic E-state index is 12.2. The zero-order valence-electron chi connectivity index (χ0n) is 22.7. The number of carbonyl (C=O) groups is 1. The van der Waals surface area contributed by atoms with Crippen molar-refractivity contribution in [1.29, 1.82) is 0 Å². The first-order valence-electron chi connectivity index (χ1n) is 13.2. The van der Waals surface area contributed by atoms with Crippen LogP contribution in [0.2, 0.25) is 0 Å². The number of anilines is 2. The number of ether oxygens (including phenoxy) is 3. The van der Waals surface area contributed by atoms with E-state index in [-0.39, 0.29) is 5.92 Å². The average Bonchev–Trinajstić information content (AvgIpc) is 3.38. The van der Waals surface area contributed by atoms with Crippen LogP contribution in [0.15, 0.2) is 85.1 Å². The topological polar surface area (TPSA) is 78.7 Å². The molecule has 3 heterocycles. The summed E-state index contributed by atoms with van der Waals surface area (Å²) in [6, 6.07) is 25.9. The fraction of sp³-hybridized carbons (Fsp3) is 0.219. The molecule has 0 amide bonds. The number of fused-ring (bicyclic) bond motifs is 2. The molecule has 3 aromatic carbocycles. The van der Waals surface area contributed by atoms with Crippen LogP contribution in [0, 0.1) is 0 Å². The fourth-order valence-electron chi connectivity index (χ4n) is 5.28. The number of aromatic nitrogens is 3. The van der Waals surface area contributed by atoms with Gasteiger partial charge in [-0.05, 0) is 66.6 Å². The van der Waals surface area contributed by atoms with Crippen molar-refractivity contribution in [3.8, 4) is 23.0 Å². The number of nitrogens with zero attached hydrogens (tertiary/aromatic N) is 4. The highest BCUT2D eigenvalue weighted by atomic mass is 16.5.